The summed E-state index contributed by atoms with van der Waals surface area (Å²) in [7, 11) is 0. The lowest BCUT2D eigenvalue weighted by Crippen LogP contribution is -2.29. The number of rotatable bonds is 2. The molecule has 1 aliphatic heterocycles. The van der Waals surface area contributed by atoms with Crippen LogP contribution in [0.25, 0.3) is 0 Å². The molecule has 1 aliphatic rings. The molecule has 0 unspecified atom stereocenters. The van der Waals surface area contributed by atoms with Gasteiger partial charge in [-0.3, -0.25) is 4.90 Å². The molecule has 0 spiro atoms. The van der Waals surface area contributed by atoms with E-state index in [2.05, 4.69) is 11.8 Å². The summed E-state index contributed by atoms with van der Waals surface area (Å²) < 4.78 is 0. The maximum atomic E-state index is 10.5. The monoisotopic (exact) mass is 155 g/mol. The van der Waals surface area contributed by atoms with Gasteiger partial charge in [0.2, 0.25) is 0 Å². The first-order chi connectivity index (χ1) is 5.24. The number of hydrogen-bond donors (Lipinski definition) is 1. The molecule has 11 heavy (non-hydrogen) atoms. The maximum absolute atomic E-state index is 10.5. The fourth-order valence-corrected chi connectivity index (χ4v) is 1.19. The van der Waals surface area contributed by atoms with E-state index < -0.39 is 5.97 Å². The Labute approximate surface area is 66.3 Å². The molecule has 3 nitrogen and oxygen atoms in total. The fraction of sp³-hybridized carbons (Fsp3) is 0.625. The van der Waals surface area contributed by atoms with E-state index in [0.717, 1.165) is 19.6 Å². The summed E-state index contributed by atoms with van der Waals surface area (Å²) in [4.78, 5) is 12.7. The van der Waals surface area contributed by atoms with Gasteiger partial charge in [-0.1, -0.05) is 13.0 Å². The second kappa shape index (κ2) is 3.53. The molecule has 3 heteroatoms. The minimum Gasteiger partial charge on any atom is -0.478 e. The second-order valence-corrected chi connectivity index (χ2v) is 2.68. The Hall–Kier alpha value is -0.830. The first kappa shape index (κ1) is 8.27. The average molecular weight is 155 g/mol. The molecule has 0 aromatic rings. The highest BCUT2D eigenvalue weighted by molar-refractivity contribution is 5.86. The molecule has 0 bridgehead atoms. The van der Waals surface area contributed by atoms with Gasteiger partial charge in [-0.05, 0) is 13.0 Å². The Morgan fingerprint density at radius 3 is 2.91 bits per heavy atom. The minimum absolute atomic E-state index is 0.565. The maximum Gasteiger partial charge on any atom is 0.331 e. The van der Waals surface area contributed by atoms with Crippen LogP contribution in [0.3, 0.4) is 0 Å². The lowest BCUT2D eigenvalue weighted by atomic mass is 10.1. The van der Waals surface area contributed by atoms with Gasteiger partial charge >= 0.3 is 5.97 Å². The summed E-state index contributed by atoms with van der Waals surface area (Å²) in [6, 6.07) is 0. The standard InChI is InChI=1S/C8H13NO2/c1-2-9-5-3-7(4-6-9)8(10)11/h3H,2,4-6H2,1H3,(H,10,11). The van der Waals surface area contributed by atoms with Crippen LogP contribution in [0.5, 0.6) is 0 Å². The van der Waals surface area contributed by atoms with E-state index in [1.807, 2.05) is 0 Å². The van der Waals surface area contributed by atoms with Crippen molar-refractivity contribution in [3.8, 4) is 0 Å². The van der Waals surface area contributed by atoms with Crippen LogP contribution >= 0.6 is 0 Å². The third-order valence-corrected chi connectivity index (χ3v) is 2.02. The van der Waals surface area contributed by atoms with Crippen LogP contribution in [-0.2, 0) is 4.79 Å². The average Bonchev–Trinajstić information content (AvgIpc) is 2.05. The van der Waals surface area contributed by atoms with Crippen molar-refractivity contribution in [2.75, 3.05) is 19.6 Å². The van der Waals surface area contributed by atoms with Crippen molar-refractivity contribution < 1.29 is 9.90 Å². The zero-order valence-electron chi connectivity index (χ0n) is 6.71. The van der Waals surface area contributed by atoms with Gasteiger partial charge in [0.1, 0.15) is 0 Å². The molecule has 1 rings (SSSR count). The van der Waals surface area contributed by atoms with Crippen LogP contribution in [0.1, 0.15) is 13.3 Å². The predicted molar refractivity (Wildman–Crippen MR) is 42.4 cm³/mol. The third kappa shape index (κ3) is 2.05. The number of nitrogens with zero attached hydrogens (tertiary/aromatic N) is 1. The van der Waals surface area contributed by atoms with Crippen molar-refractivity contribution in [1.82, 2.24) is 4.90 Å². The number of aliphatic carboxylic acids is 1. The summed E-state index contributed by atoms with van der Waals surface area (Å²) in [5, 5.41) is 8.61. The zero-order valence-corrected chi connectivity index (χ0v) is 6.71. The van der Waals surface area contributed by atoms with E-state index in [4.69, 9.17) is 5.11 Å². The first-order valence-electron chi connectivity index (χ1n) is 3.88. The largest absolute Gasteiger partial charge is 0.478 e. The molecule has 0 aliphatic carbocycles. The van der Waals surface area contributed by atoms with Gasteiger partial charge in [-0.15, -0.1) is 0 Å². The summed E-state index contributed by atoms with van der Waals surface area (Å²) in [5.41, 5.74) is 0.565. The first-order valence-corrected chi connectivity index (χ1v) is 3.88. The minimum atomic E-state index is -0.763. The molecule has 0 aromatic carbocycles. The Morgan fingerprint density at radius 1 is 1.82 bits per heavy atom. The number of carboxylic acid groups (broad SMARTS) is 1. The van der Waals surface area contributed by atoms with Crippen molar-refractivity contribution in [3.63, 3.8) is 0 Å². The highest BCUT2D eigenvalue weighted by Crippen LogP contribution is 2.09. The Kier molecular flexibility index (Phi) is 2.65. The third-order valence-electron chi connectivity index (χ3n) is 2.02. The molecule has 1 N–H and O–H groups in total. The van der Waals surface area contributed by atoms with Gasteiger partial charge in [0, 0.05) is 18.7 Å². The molecule has 0 saturated heterocycles. The molecule has 0 fully saturated rings. The molecule has 1 heterocycles. The lowest BCUT2D eigenvalue weighted by molar-refractivity contribution is -0.133. The SMILES string of the molecule is CCN1CC=C(C(=O)O)CC1. The Morgan fingerprint density at radius 2 is 2.55 bits per heavy atom. The molecule has 0 saturated carbocycles. The smallest absolute Gasteiger partial charge is 0.331 e. The van der Waals surface area contributed by atoms with Crippen LogP contribution in [0, 0.1) is 0 Å². The summed E-state index contributed by atoms with van der Waals surface area (Å²) >= 11 is 0. The fourth-order valence-electron chi connectivity index (χ4n) is 1.19. The highest BCUT2D eigenvalue weighted by Gasteiger charge is 2.13. The van der Waals surface area contributed by atoms with Crippen molar-refractivity contribution in [3.05, 3.63) is 11.6 Å². The van der Waals surface area contributed by atoms with Gasteiger partial charge in [0.15, 0.2) is 0 Å². The van der Waals surface area contributed by atoms with Crippen molar-refractivity contribution in [2.45, 2.75) is 13.3 Å². The van der Waals surface area contributed by atoms with Crippen molar-refractivity contribution in [1.29, 1.82) is 0 Å². The van der Waals surface area contributed by atoms with Crippen molar-refractivity contribution >= 4 is 5.97 Å². The van der Waals surface area contributed by atoms with Gasteiger partial charge in [-0.2, -0.15) is 0 Å². The molecule has 0 aromatic heterocycles. The molecular formula is C8H13NO2. The zero-order chi connectivity index (χ0) is 8.27. The van der Waals surface area contributed by atoms with Gasteiger partial charge in [-0.25, -0.2) is 4.79 Å². The predicted octanol–water partition coefficient (Wildman–Crippen LogP) is 0.723. The van der Waals surface area contributed by atoms with E-state index in [9.17, 15) is 4.79 Å². The summed E-state index contributed by atoms with van der Waals surface area (Å²) in [5.74, 6) is -0.763. The van der Waals surface area contributed by atoms with Gasteiger partial charge in [0.25, 0.3) is 0 Å². The van der Waals surface area contributed by atoms with Crippen LogP contribution in [0.2, 0.25) is 0 Å². The number of likely N-dealkylation sites (N-methyl/N-ethyl adjacent to an activating group) is 1. The molecular weight excluding hydrogens is 142 g/mol. The van der Waals surface area contributed by atoms with E-state index in [1.54, 1.807) is 6.08 Å². The topological polar surface area (TPSA) is 40.5 Å². The van der Waals surface area contributed by atoms with E-state index >= 15 is 0 Å². The molecule has 0 radical (unpaired) electrons. The van der Waals surface area contributed by atoms with E-state index in [0.29, 0.717) is 12.0 Å². The Balaban J connectivity index is 2.50. The van der Waals surface area contributed by atoms with Crippen LogP contribution in [-0.4, -0.2) is 35.6 Å². The summed E-state index contributed by atoms with van der Waals surface area (Å²) in [6.45, 7) is 4.76. The second-order valence-electron chi connectivity index (χ2n) is 2.68. The Bertz CT molecular complexity index is 187. The number of hydrogen-bond acceptors (Lipinski definition) is 2. The van der Waals surface area contributed by atoms with Gasteiger partial charge in [0.05, 0.1) is 0 Å². The van der Waals surface area contributed by atoms with Crippen LogP contribution < -0.4 is 0 Å². The van der Waals surface area contributed by atoms with Crippen LogP contribution in [0.4, 0.5) is 0 Å². The molecule has 0 atom stereocenters. The number of carbonyl (C=O) groups is 1. The van der Waals surface area contributed by atoms with Crippen molar-refractivity contribution in [2.24, 2.45) is 0 Å². The van der Waals surface area contributed by atoms with Gasteiger partial charge < -0.3 is 5.11 Å². The quantitative estimate of drug-likeness (QED) is 0.639. The molecule has 62 valence electrons. The molecule has 0 amide bonds. The highest BCUT2D eigenvalue weighted by atomic mass is 16.4. The van der Waals surface area contributed by atoms with E-state index in [1.165, 1.54) is 0 Å². The number of carboxylic acids is 1. The van der Waals surface area contributed by atoms with E-state index in [-0.39, 0.29) is 0 Å². The normalized spacial score (nSPS) is 19.5. The summed E-state index contributed by atoms with van der Waals surface area (Å²) in [6.07, 6.45) is 2.48. The van der Waals surface area contributed by atoms with Crippen LogP contribution in [0.15, 0.2) is 11.6 Å². The lowest BCUT2D eigenvalue weighted by Gasteiger charge is -2.22.